The highest BCUT2D eigenvalue weighted by Crippen LogP contribution is 2.36. The number of nitrogens with two attached hydrogens (primary N) is 1. The van der Waals surface area contributed by atoms with E-state index in [1.807, 2.05) is 0 Å². The molecule has 0 radical (unpaired) electrons. The van der Waals surface area contributed by atoms with Gasteiger partial charge in [-0.05, 0) is 12.1 Å². The Hall–Kier alpha value is -1.35. The molecular formula is C10H10Cl2N4O3S. The zero-order chi connectivity index (χ0) is 14.9. The van der Waals surface area contributed by atoms with Gasteiger partial charge in [-0.25, -0.2) is 13.6 Å². The van der Waals surface area contributed by atoms with E-state index in [-0.39, 0.29) is 27.3 Å². The molecule has 0 saturated heterocycles. The third kappa shape index (κ3) is 3.04. The van der Waals surface area contributed by atoms with Gasteiger partial charge in [-0.3, -0.25) is 0 Å². The number of aryl methyl sites for hydroxylation is 1. The summed E-state index contributed by atoms with van der Waals surface area (Å²) in [6.07, 6.45) is 1.53. The van der Waals surface area contributed by atoms with Crippen LogP contribution in [0.1, 0.15) is 5.82 Å². The number of nitrogens with zero attached hydrogens (tertiary/aromatic N) is 3. The van der Waals surface area contributed by atoms with Crippen molar-refractivity contribution < 1.29 is 13.2 Å². The van der Waals surface area contributed by atoms with E-state index >= 15 is 0 Å². The highest BCUT2D eigenvalue weighted by atomic mass is 35.5. The van der Waals surface area contributed by atoms with Crippen LogP contribution >= 0.6 is 23.2 Å². The summed E-state index contributed by atoms with van der Waals surface area (Å²) in [5, 5.41) is 12.3. The molecule has 0 atom stereocenters. The SMILES string of the molecule is Cn1cnnc1COc1ccc(S(N)(=O)=O)c(Cl)c1Cl. The van der Waals surface area contributed by atoms with Crippen molar-refractivity contribution in [2.45, 2.75) is 11.5 Å². The molecule has 1 aromatic carbocycles. The number of primary sulfonamides is 1. The monoisotopic (exact) mass is 336 g/mol. The molecular weight excluding hydrogens is 327 g/mol. The Bertz CT molecular complexity index is 745. The summed E-state index contributed by atoms with van der Waals surface area (Å²) in [6, 6.07) is 2.61. The van der Waals surface area contributed by atoms with E-state index in [0.717, 1.165) is 0 Å². The maximum Gasteiger partial charge on any atom is 0.239 e. The van der Waals surface area contributed by atoms with Crippen molar-refractivity contribution in [3.63, 3.8) is 0 Å². The van der Waals surface area contributed by atoms with Crippen LogP contribution < -0.4 is 9.88 Å². The van der Waals surface area contributed by atoms with Gasteiger partial charge in [0.05, 0.1) is 5.02 Å². The largest absolute Gasteiger partial charge is 0.484 e. The molecule has 0 aliphatic rings. The molecule has 10 heteroatoms. The van der Waals surface area contributed by atoms with Gasteiger partial charge >= 0.3 is 0 Å². The Morgan fingerprint density at radius 1 is 1.35 bits per heavy atom. The van der Waals surface area contributed by atoms with Crippen molar-refractivity contribution in [2.24, 2.45) is 12.2 Å². The van der Waals surface area contributed by atoms with Crippen molar-refractivity contribution in [3.8, 4) is 5.75 Å². The van der Waals surface area contributed by atoms with Gasteiger partial charge in [-0.15, -0.1) is 10.2 Å². The summed E-state index contributed by atoms with van der Waals surface area (Å²) >= 11 is 11.8. The summed E-state index contributed by atoms with van der Waals surface area (Å²) in [5.74, 6) is 0.805. The van der Waals surface area contributed by atoms with Crippen molar-refractivity contribution in [1.29, 1.82) is 0 Å². The predicted octanol–water partition coefficient (Wildman–Crippen LogP) is 1.35. The topological polar surface area (TPSA) is 100 Å². The van der Waals surface area contributed by atoms with Crippen LogP contribution in [-0.4, -0.2) is 23.2 Å². The van der Waals surface area contributed by atoms with E-state index in [1.165, 1.54) is 18.5 Å². The average molecular weight is 337 g/mol. The maximum absolute atomic E-state index is 11.3. The number of rotatable bonds is 4. The first-order valence-corrected chi connectivity index (χ1v) is 7.57. The minimum Gasteiger partial charge on any atom is -0.484 e. The zero-order valence-electron chi connectivity index (χ0n) is 10.2. The zero-order valence-corrected chi connectivity index (χ0v) is 12.6. The number of hydrogen-bond acceptors (Lipinski definition) is 5. The quantitative estimate of drug-likeness (QED) is 0.908. The Balaban J connectivity index is 2.27. The molecule has 2 aromatic rings. The summed E-state index contributed by atoms with van der Waals surface area (Å²) < 4.78 is 29.7. The molecule has 0 aliphatic carbocycles. The fourth-order valence-corrected chi connectivity index (χ4v) is 2.79. The lowest BCUT2D eigenvalue weighted by atomic mass is 10.3. The number of hydrogen-bond donors (Lipinski definition) is 1. The van der Waals surface area contributed by atoms with Crippen LogP contribution in [0.25, 0.3) is 0 Å². The lowest BCUT2D eigenvalue weighted by Crippen LogP contribution is -2.13. The van der Waals surface area contributed by atoms with Crippen LogP contribution in [0.3, 0.4) is 0 Å². The lowest BCUT2D eigenvalue weighted by molar-refractivity contribution is 0.291. The standard InChI is InChI=1S/C10H10Cl2N4O3S/c1-16-5-14-15-8(16)4-19-6-2-3-7(20(13,17)18)10(12)9(6)11/h2-3,5H,4H2,1H3,(H2,13,17,18). The molecule has 0 aliphatic heterocycles. The van der Waals surface area contributed by atoms with Crippen molar-refractivity contribution >= 4 is 33.2 Å². The highest BCUT2D eigenvalue weighted by molar-refractivity contribution is 7.89. The number of sulfonamides is 1. The van der Waals surface area contributed by atoms with Gasteiger partial charge in [0.15, 0.2) is 5.82 Å². The molecule has 0 fully saturated rings. The fraction of sp³-hybridized carbons (Fsp3) is 0.200. The van der Waals surface area contributed by atoms with E-state index < -0.39 is 10.0 Å². The van der Waals surface area contributed by atoms with Crippen molar-refractivity contribution in [1.82, 2.24) is 14.8 Å². The molecule has 0 saturated carbocycles. The number of halogens is 2. The van der Waals surface area contributed by atoms with E-state index in [4.69, 9.17) is 33.1 Å². The first-order valence-electron chi connectivity index (χ1n) is 5.27. The van der Waals surface area contributed by atoms with Crippen LogP contribution in [0.5, 0.6) is 5.75 Å². The van der Waals surface area contributed by atoms with Gasteiger partial charge in [-0.1, -0.05) is 23.2 Å². The first-order chi connectivity index (χ1) is 9.30. The van der Waals surface area contributed by atoms with E-state index in [2.05, 4.69) is 10.2 Å². The van der Waals surface area contributed by atoms with Gasteiger partial charge in [0.2, 0.25) is 10.0 Å². The molecule has 1 aromatic heterocycles. The molecule has 1 heterocycles. The normalized spacial score (nSPS) is 11.6. The van der Waals surface area contributed by atoms with Gasteiger partial charge in [-0.2, -0.15) is 0 Å². The van der Waals surface area contributed by atoms with Crippen LogP contribution in [0.4, 0.5) is 0 Å². The molecule has 2 N–H and O–H groups in total. The molecule has 0 amide bonds. The molecule has 2 rings (SSSR count). The van der Waals surface area contributed by atoms with Crippen LogP contribution in [0.2, 0.25) is 10.0 Å². The van der Waals surface area contributed by atoms with Gasteiger partial charge in [0.1, 0.15) is 28.6 Å². The third-order valence-corrected chi connectivity index (χ3v) is 4.41. The summed E-state index contributed by atoms with van der Waals surface area (Å²) in [7, 11) is -2.17. The maximum atomic E-state index is 11.3. The Kier molecular flexibility index (Phi) is 4.19. The number of benzene rings is 1. The number of aromatic nitrogens is 3. The van der Waals surface area contributed by atoms with Crippen LogP contribution in [0.15, 0.2) is 23.4 Å². The summed E-state index contributed by atoms with van der Waals surface area (Å²) in [6.45, 7) is 0.112. The Morgan fingerprint density at radius 2 is 2.05 bits per heavy atom. The van der Waals surface area contributed by atoms with Gasteiger partial charge < -0.3 is 9.30 Å². The fourth-order valence-electron chi connectivity index (χ4n) is 1.43. The summed E-state index contributed by atoms with van der Waals surface area (Å²) in [5.41, 5.74) is 0. The Labute approximate surface area is 125 Å². The van der Waals surface area contributed by atoms with Crippen molar-refractivity contribution in [3.05, 3.63) is 34.3 Å². The molecule has 0 spiro atoms. The molecule has 0 bridgehead atoms. The molecule has 0 unspecified atom stereocenters. The lowest BCUT2D eigenvalue weighted by Gasteiger charge is -2.10. The minimum absolute atomic E-state index is 0.0274. The van der Waals surface area contributed by atoms with E-state index in [0.29, 0.717) is 5.82 Å². The van der Waals surface area contributed by atoms with Gasteiger partial charge in [0.25, 0.3) is 0 Å². The van der Waals surface area contributed by atoms with Crippen molar-refractivity contribution in [2.75, 3.05) is 0 Å². The Morgan fingerprint density at radius 3 is 2.60 bits per heavy atom. The second-order valence-electron chi connectivity index (χ2n) is 3.88. The molecule has 7 nitrogen and oxygen atoms in total. The average Bonchev–Trinajstić information content (AvgIpc) is 2.75. The predicted molar refractivity (Wildman–Crippen MR) is 73.2 cm³/mol. The smallest absolute Gasteiger partial charge is 0.239 e. The molecule has 108 valence electrons. The minimum atomic E-state index is -3.94. The van der Waals surface area contributed by atoms with Crippen LogP contribution in [-0.2, 0) is 23.7 Å². The highest BCUT2D eigenvalue weighted by Gasteiger charge is 2.18. The second-order valence-corrected chi connectivity index (χ2v) is 6.17. The van der Waals surface area contributed by atoms with E-state index in [1.54, 1.807) is 11.6 Å². The first kappa shape index (κ1) is 15.0. The summed E-state index contributed by atoms with van der Waals surface area (Å²) in [4.78, 5) is -0.254. The van der Waals surface area contributed by atoms with Crippen LogP contribution in [0, 0.1) is 0 Å². The van der Waals surface area contributed by atoms with E-state index in [9.17, 15) is 8.42 Å². The third-order valence-electron chi connectivity index (χ3n) is 2.48. The second kappa shape index (κ2) is 5.57. The van der Waals surface area contributed by atoms with Gasteiger partial charge in [0, 0.05) is 7.05 Å². The number of ether oxygens (including phenoxy) is 1. The molecule has 20 heavy (non-hydrogen) atoms.